The molecular formula is C21H20F3N5O2. The molecule has 0 radical (unpaired) electrons. The molecule has 1 saturated carbocycles. The Bertz CT molecular complexity index is 1220. The molecule has 1 unspecified atom stereocenters. The molecule has 7 nitrogen and oxygen atoms in total. The number of H-pyrrole nitrogens is 1. The lowest BCUT2D eigenvalue weighted by Crippen LogP contribution is -2.21. The van der Waals surface area contributed by atoms with Crippen LogP contribution in [-0.4, -0.2) is 26.0 Å². The summed E-state index contributed by atoms with van der Waals surface area (Å²) in [6.45, 7) is 1.47. The SMILES string of the molecule is Cc1cc(Nc2nn(C(CC#N)C3CC3)c3cc[nH]c(=O)c23)ccc1[C@H](O)C(F)(F)F. The molecule has 0 saturated heterocycles. The Morgan fingerprint density at radius 2 is 2.13 bits per heavy atom. The Morgan fingerprint density at radius 1 is 1.39 bits per heavy atom. The van der Waals surface area contributed by atoms with Gasteiger partial charge < -0.3 is 15.4 Å². The van der Waals surface area contributed by atoms with Gasteiger partial charge in [-0.05, 0) is 55.0 Å². The summed E-state index contributed by atoms with van der Waals surface area (Å²) in [7, 11) is 0. The second kappa shape index (κ2) is 7.74. The van der Waals surface area contributed by atoms with Crippen LogP contribution in [0, 0.1) is 24.2 Å². The number of aryl methyl sites for hydroxylation is 1. The Balaban J connectivity index is 1.73. The van der Waals surface area contributed by atoms with Gasteiger partial charge in [-0.1, -0.05) is 6.07 Å². The van der Waals surface area contributed by atoms with Crippen molar-refractivity contribution in [2.45, 2.75) is 44.5 Å². The number of hydrogen-bond donors (Lipinski definition) is 3. The maximum Gasteiger partial charge on any atom is 0.418 e. The Labute approximate surface area is 175 Å². The smallest absolute Gasteiger partial charge is 0.379 e. The summed E-state index contributed by atoms with van der Waals surface area (Å²) in [6, 6.07) is 7.79. The average molecular weight is 431 g/mol. The van der Waals surface area contributed by atoms with E-state index in [1.807, 2.05) is 0 Å². The van der Waals surface area contributed by atoms with Crippen LogP contribution in [0.25, 0.3) is 10.9 Å². The first-order chi connectivity index (χ1) is 14.7. The van der Waals surface area contributed by atoms with Gasteiger partial charge in [0.1, 0.15) is 5.39 Å². The maximum atomic E-state index is 12.9. The molecule has 10 heteroatoms. The van der Waals surface area contributed by atoms with Crippen molar-refractivity contribution < 1.29 is 18.3 Å². The van der Waals surface area contributed by atoms with E-state index in [2.05, 4.69) is 21.5 Å². The van der Waals surface area contributed by atoms with Gasteiger partial charge in [-0.2, -0.15) is 23.5 Å². The van der Waals surface area contributed by atoms with Crippen molar-refractivity contribution in [3.05, 3.63) is 51.9 Å². The standard InChI is InChI=1S/C21H20F3N5O2/c1-11-10-13(4-5-14(11)18(30)21(22,23)24)27-19-17-16(7-9-26-20(17)31)29(28-19)15(6-8-25)12-2-3-12/h4-5,7,9-10,12,15,18,30H,2-3,6H2,1H3,(H,26,31)(H,27,28)/t15?,18-/m0/s1. The molecule has 1 aromatic carbocycles. The molecule has 4 rings (SSSR count). The van der Waals surface area contributed by atoms with Crippen molar-refractivity contribution >= 4 is 22.4 Å². The van der Waals surface area contributed by atoms with Gasteiger partial charge in [-0.3, -0.25) is 9.48 Å². The number of pyridine rings is 1. The number of nitrogens with zero attached hydrogens (tertiary/aromatic N) is 3. The molecule has 2 atom stereocenters. The van der Waals surface area contributed by atoms with E-state index in [0.717, 1.165) is 12.8 Å². The van der Waals surface area contributed by atoms with E-state index in [-0.39, 0.29) is 35.0 Å². The number of halogens is 3. The van der Waals surface area contributed by atoms with E-state index < -0.39 is 12.3 Å². The van der Waals surface area contributed by atoms with Crippen LogP contribution in [0.5, 0.6) is 0 Å². The van der Waals surface area contributed by atoms with Crippen molar-refractivity contribution in [2.24, 2.45) is 5.92 Å². The number of fused-ring (bicyclic) bond motifs is 1. The Kier molecular flexibility index (Phi) is 5.23. The quantitative estimate of drug-likeness (QED) is 0.541. The third kappa shape index (κ3) is 4.01. The first kappa shape index (κ1) is 20.9. The van der Waals surface area contributed by atoms with Gasteiger partial charge in [0.2, 0.25) is 0 Å². The van der Waals surface area contributed by atoms with Crippen LogP contribution in [0.4, 0.5) is 24.7 Å². The Hall–Kier alpha value is -3.32. The predicted molar refractivity (Wildman–Crippen MR) is 108 cm³/mol. The molecule has 3 aromatic rings. The molecule has 1 aliphatic rings. The second-order valence-corrected chi connectivity index (χ2v) is 7.77. The van der Waals surface area contributed by atoms with E-state index in [4.69, 9.17) is 0 Å². The van der Waals surface area contributed by atoms with Crippen LogP contribution in [0.3, 0.4) is 0 Å². The Morgan fingerprint density at radius 3 is 2.74 bits per heavy atom. The summed E-state index contributed by atoms with van der Waals surface area (Å²) in [5.41, 5.74) is 0.647. The summed E-state index contributed by atoms with van der Waals surface area (Å²) in [4.78, 5) is 15.1. The molecule has 0 amide bonds. The van der Waals surface area contributed by atoms with Crippen molar-refractivity contribution in [2.75, 3.05) is 5.32 Å². The summed E-state index contributed by atoms with van der Waals surface area (Å²) >= 11 is 0. The number of nitriles is 1. The highest BCUT2D eigenvalue weighted by molar-refractivity contribution is 5.91. The fourth-order valence-electron chi connectivity index (χ4n) is 3.84. The molecule has 1 fully saturated rings. The largest absolute Gasteiger partial charge is 0.418 e. The van der Waals surface area contributed by atoms with Gasteiger partial charge in [0.05, 0.1) is 24.0 Å². The average Bonchev–Trinajstić information content (AvgIpc) is 3.48. The predicted octanol–water partition coefficient (Wildman–Crippen LogP) is 4.24. The number of aromatic amines is 1. The zero-order chi connectivity index (χ0) is 22.3. The first-order valence-electron chi connectivity index (χ1n) is 9.80. The molecule has 2 aromatic heterocycles. The number of aliphatic hydroxyl groups excluding tert-OH is 1. The lowest BCUT2D eigenvalue weighted by molar-refractivity contribution is -0.206. The lowest BCUT2D eigenvalue weighted by Gasteiger charge is -2.17. The number of alkyl halides is 3. The fraction of sp³-hybridized carbons (Fsp3) is 0.381. The summed E-state index contributed by atoms with van der Waals surface area (Å²) in [6.07, 6.45) is -3.59. The number of hydrogen-bond acceptors (Lipinski definition) is 5. The van der Waals surface area contributed by atoms with Gasteiger partial charge in [0.25, 0.3) is 5.56 Å². The number of aliphatic hydroxyl groups is 1. The molecule has 0 bridgehead atoms. The van der Waals surface area contributed by atoms with Crippen molar-refractivity contribution in [1.29, 1.82) is 5.26 Å². The number of aromatic nitrogens is 3. The van der Waals surface area contributed by atoms with Gasteiger partial charge in [-0.15, -0.1) is 0 Å². The highest BCUT2D eigenvalue weighted by atomic mass is 19.4. The van der Waals surface area contributed by atoms with Crippen LogP contribution in [-0.2, 0) is 0 Å². The van der Waals surface area contributed by atoms with Gasteiger partial charge in [-0.25, -0.2) is 0 Å². The second-order valence-electron chi connectivity index (χ2n) is 7.77. The van der Waals surface area contributed by atoms with E-state index in [9.17, 15) is 28.3 Å². The molecule has 0 spiro atoms. The molecule has 3 N–H and O–H groups in total. The van der Waals surface area contributed by atoms with Gasteiger partial charge >= 0.3 is 6.18 Å². The summed E-state index contributed by atoms with van der Waals surface area (Å²) in [5, 5.41) is 26.6. The topological polar surface area (TPSA) is 107 Å². The normalized spacial score (nSPS) is 16.1. The molecular weight excluding hydrogens is 411 g/mol. The third-order valence-electron chi connectivity index (χ3n) is 5.55. The van der Waals surface area contributed by atoms with E-state index in [1.54, 1.807) is 10.7 Å². The molecule has 2 heterocycles. The van der Waals surface area contributed by atoms with E-state index >= 15 is 0 Å². The van der Waals surface area contributed by atoms with Gasteiger partial charge in [0, 0.05) is 11.9 Å². The molecule has 0 aliphatic heterocycles. The highest BCUT2D eigenvalue weighted by Crippen LogP contribution is 2.43. The molecule has 162 valence electrons. The van der Waals surface area contributed by atoms with E-state index in [1.165, 1.54) is 31.3 Å². The third-order valence-corrected chi connectivity index (χ3v) is 5.55. The minimum absolute atomic E-state index is 0.157. The van der Waals surface area contributed by atoms with Crippen LogP contribution in [0.1, 0.15) is 42.5 Å². The van der Waals surface area contributed by atoms with Crippen LogP contribution in [0.15, 0.2) is 35.3 Å². The highest BCUT2D eigenvalue weighted by Gasteiger charge is 2.40. The van der Waals surface area contributed by atoms with Crippen LogP contribution in [0.2, 0.25) is 0 Å². The van der Waals surface area contributed by atoms with E-state index in [0.29, 0.717) is 22.5 Å². The first-order valence-corrected chi connectivity index (χ1v) is 9.80. The fourth-order valence-corrected chi connectivity index (χ4v) is 3.84. The minimum atomic E-state index is -4.76. The van der Waals surface area contributed by atoms with Crippen molar-refractivity contribution in [3.8, 4) is 6.07 Å². The number of nitrogens with one attached hydrogen (secondary N) is 2. The maximum absolute atomic E-state index is 12.9. The zero-order valence-electron chi connectivity index (χ0n) is 16.6. The number of benzene rings is 1. The lowest BCUT2D eigenvalue weighted by atomic mass is 10.0. The zero-order valence-corrected chi connectivity index (χ0v) is 16.6. The monoisotopic (exact) mass is 431 g/mol. The minimum Gasteiger partial charge on any atom is -0.379 e. The van der Waals surface area contributed by atoms with Crippen LogP contribution >= 0.6 is 0 Å². The van der Waals surface area contributed by atoms with Crippen molar-refractivity contribution in [3.63, 3.8) is 0 Å². The van der Waals surface area contributed by atoms with Crippen molar-refractivity contribution in [1.82, 2.24) is 14.8 Å². The summed E-state index contributed by atoms with van der Waals surface area (Å²) < 4.78 is 40.3. The molecule has 31 heavy (non-hydrogen) atoms. The number of anilines is 2. The molecule has 1 aliphatic carbocycles. The number of rotatable bonds is 6. The summed E-state index contributed by atoms with van der Waals surface area (Å²) in [5.74, 6) is 0.573. The van der Waals surface area contributed by atoms with Gasteiger partial charge in [0.15, 0.2) is 11.9 Å². The van der Waals surface area contributed by atoms with Crippen LogP contribution < -0.4 is 10.9 Å².